The second-order valence-corrected chi connectivity index (χ2v) is 8.13. The molecule has 0 aromatic heterocycles. The van der Waals surface area contributed by atoms with Gasteiger partial charge in [0, 0.05) is 26.7 Å². The molecule has 2 aromatic carbocycles. The molecule has 1 atom stereocenters. The normalized spacial score (nSPS) is 15.1. The Balaban J connectivity index is 0.00000385. The Bertz CT molecular complexity index is 903. The number of hydrogen-bond donors (Lipinski definition) is 2. The molecule has 3 rings (SSSR count). The van der Waals surface area contributed by atoms with E-state index in [0.29, 0.717) is 25.7 Å². The number of methoxy groups -OCH3 is 1. The number of nitrogens with zero attached hydrogens (tertiary/aromatic N) is 2. The highest BCUT2D eigenvalue weighted by Gasteiger charge is 2.19. The Labute approximate surface area is 214 Å². The summed E-state index contributed by atoms with van der Waals surface area (Å²) in [7, 11) is 5.13. The number of carbonyl (C=O) groups is 1. The Kier molecular flexibility index (Phi) is 11.5. The number of halogens is 1. The number of carbonyl (C=O) groups excluding carboxylic acids is 1. The molecule has 0 spiro atoms. The number of amides is 1. The molecule has 180 valence electrons. The molecule has 8 heteroatoms. The fraction of sp³-hybridized carbons (Fsp3) is 0.440. The largest absolute Gasteiger partial charge is 0.497 e. The second kappa shape index (κ2) is 14.0. The van der Waals surface area contributed by atoms with Crippen LogP contribution in [0.15, 0.2) is 53.5 Å². The molecule has 0 saturated carbocycles. The molecule has 1 aliphatic carbocycles. The van der Waals surface area contributed by atoms with Crippen molar-refractivity contribution in [2.45, 2.75) is 31.9 Å². The minimum atomic E-state index is -0.0316. The van der Waals surface area contributed by atoms with Gasteiger partial charge in [0.25, 0.3) is 0 Å². The van der Waals surface area contributed by atoms with Gasteiger partial charge in [0.2, 0.25) is 5.91 Å². The summed E-state index contributed by atoms with van der Waals surface area (Å²) in [5, 5.41) is 6.82. The van der Waals surface area contributed by atoms with Crippen molar-refractivity contribution in [3.8, 4) is 5.75 Å². The highest BCUT2D eigenvalue weighted by molar-refractivity contribution is 14.0. The van der Waals surface area contributed by atoms with Crippen LogP contribution in [0.2, 0.25) is 0 Å². The van der Waals surface area contributed by atoms with Gasteiger partial charge in [-0.25, -0.2) is 4.99 Å². The van der Waals surface area contributed by atoms with Crippen molar-refractivity contribution in [1.82, 2.24) is 15.5 Å². The van der Waals surface area contributed by atoms with Crippen LogP contribution in [0.3, 0.4) is 0 Å². The van der Waals surface area contributed by atoms with Gasteiger partial charge in [0.05, 0.1) is 20.3 Å². The maximum atomic E-state index is 12.0. The van der Waals surface area contributed by atoms with Crippen LogP contribution in [0.25, 0.3) is 0 Å². The second-order valence-electron chi connectivity index (χ2n) is 8.13. The van der Waals surface area contributed by atoms with E-state index in [0.717, 1.165) is 30.6 Å². The fourth-order valence-electron chi connectivity index (χ4n) is 3.61. The molecule has 7 nitrogen and oxygen atoms in total. The fourth-order valence-corrected chi connectivity index (χ4v) is 3.61. The van der Waals surface area contributed by atoms with Crippen molar-refractivity contribution in [3.63, 3.8) is 0 Å². The standard InChI is InChI=1S/C25H34N4O3.HI/c1-29(2)24(30)17-27-25(28-22-11-10-20-6-4-5-7-21(20)16-22)26-14-15-32-18-19-8-12-23(31-3)13-9-19;/h4-9,12-13,22H,10-11,14-18H2,1-3H3,(H2,26,27,28);1H. The molecule has 0 aliphatic heterocycles. The zero-order valence-electron chi connectivity index (χ0n) is 19.7. The van der Waals surface area contributed by atoms with Crippen molar-refractivity contribution < 1.29 is 14.3 Å². The van der Waals surface area contributed by atoms with E-state index < -0.39 is 0 Å². The van der Waals surface area contributed by atoms with Gasteiger partial charge in [-0.2, -0.15) is 0 Å². The SMILES string of the molecule is COc1ccc(COCCNC(=NCC(=O)N(C)C)NC2CCc3ccccc3C2)cc1.I. The molecule has 2 aromatic rings. The van der Waals surface area contributed by atoms with E-state index >= 15 is 0 Å². The lowest BCUT2D eigenvalue weighted by Crippen LogP contribution is -2.47. The highest BCUT2D eigenvalue weighted by Crippen LogP contribution is 2.21. The summed E-state index contributed by atoms with van der Waals surface area (Å²) in [5.74, 6) is 1.45. The molecule has 1 amide bonds. The first-order valence-corrected chi connectivity index (χ1v) is 11.1. The van der Waals surface area contributed by atoms with Crippen LogP contribution < -0.4 is 15.4 Å². The predicted molar refractivity (Wildman–Crippen MR) is 142 cm³/mol. The lowest BCUT2D eigenvalue weighted by atomic mass is 9.88. The third-order valence-electron chi connectivity index (χ3n) is 5.53. The lowest BCUT2D eigenvalue weighted by Gasteiger charge is -2.27. The van der Waals surface area contributed by atoms with Gasteiger partial charge in [-0.3, -0.25) is 4.79 Å². The number of aryl methyl sites for hydroxylation is 1. The van der Waals surface area contributed by atoms with E-state index in [1.165, 1.54) is 11.1 Å². The number of guanidine groups is 1. The smallest absolute Gasteiger partial charge is 0.243 e. The van der Waals surface area contributed by atoms with Gasteiger partial charge in [-0.05, 0) is 48.1 Å². The summed E-state index contributed by atoms with van der Waals surface area (Å²) in [5.41, 5.74) is 3.89. The van der Waals surface area contributed by atoms with Crippen LogP contribution in [-0.4, -0.2) is 63.7 Å². The topological polar surface area (TPSA) is 75.2 Å². The molecule has 0 heterocycles. The molecule has 1 unspecified atom stereocenters. The molecular formula is C25H35IN4O3. The van der Waals surface area contributed by atoms with Crippen molar-refractivity contribution in [3.05, 3.63) is 65.2 Å². The third-order valence-corrected chi connectivity index (χ3v) is 5.53. The zero-order valence-corrected chi connectivity index (χ0v) is 22.0. The Morgan fingerprint density at radius 2 is 1.85 bits per heavy atom. The minimum Gasteiger partial charge on any atom is -0.497 e. The maximum Gasteiger partial charge on any atom is 0.243 e. The summed E-state index contributed by atoms with van der Waals surface area (Å²) in [6.07, 6.45) is 3.03. The zero-order chi connectivity index (χ0) is 22.8. The Morgan fingerprint density at radius 3 is 2.55 bits per heavy atom. The van der Waals surface area contributed by atoms with Gasteiger partial charge in [0.1, 0.15) is 12.3 Å². The molecule has 0 radical (unpaired) electrons. The average Bonchev–Trinajstić information content (AvgIpc) is 2.82. The number of rotatable bonds is 9. The first-order chi connectivity index (χ1) is 15.5. The quantitative estimate of drug-likeness (QED) is 0.211. The van der Waals surface area contributed by atoms with Crippen LogP contribution >= 0.6 is 24.0 Å². The van der Waals surface area contributed by atoms with Crippen molar-refractivity contribution >= 4 is 35.8 Å². The molecule has 0 fully saturated rings. The monoisotopic (exact) mass is 566 g/mol. The Morgan fingerprint density at radius 1 is 1.12 bits per heavy atom. The third kappa shape index (κ3) is 8.85. The number of benzene rings is 2. The number of nitrogens with one attached hydrogen (secondary N) is 2. The number of likely N-dealkylation sites (N-methyl/N-ethyl adjacent to an activating group) is 1. The lowest BCUT2D eigenvalue weighted by molar-refractivity contribution is -0.127. The number of ether oxygens (including phenoxy) is 2. The summed E-state index contributed by atoms with van der Waals surface area (Å²) in [6.45, 7) is 1.77. The average molecular weight is 566 g/mol. The van der Waals surface area contributed by atoms with Gasteiger partial charge in [-0.1, -0.05) is 36.4 Å². The van der Waals surface area contributed by atoms with E-state index in [4.69, 9.17) is 9.47 Å². The van der Waals surface area contributed by atoms with Gasteiger partial charge < -0.3 is 25.0 Å². The van der Waals surface area contributed by atoms with Gasteiger partial charge in [0.15, 0.2) is 5.96 Å². The molecule has 1 aliphatic rings. The first kappa shape index (κ1) is 26.9. The molecule has 0 bridgehead atoms. The molecule has 2 N–H and O–H groups in total. The molecule has 0 saturated heterocycles. The predicted octanol–water partition coefficient (Wildman–Crippen LogP) is 3.01. The van der Waals surface area contributed by atoms with Crippen LogP contribution in [0.4, 0.5) is 0 Å². The van der Waals surface area contributed by atoms with Crippen LogP contribution in [0, 0.1) is 0 Å². The molecular weight excluding hydrogens is 531 g/mol. The number of aliphatic imine (C=N–C) groups is 1. The van der Waals surface area contributed by atoms with E-state index in [1.54, 1.807) is 26.1 Å². The van der Waals surface area contributed by atoms with Crippen LogP contribution in [0.5, 0.6) is 5.75 Å². The van der Waals surface area contributed by atoms with Crippen molar-refractivity contribution in [1.29, 1.82) is 0 Å². The van der Waals surface area contributed by atoms with E-state index in [-0.39, 0.29) is 42.5 Å². The van der Waals surface area contributed by atoms with Crippen LogP contribution in [0.1, 0.15) is 23.1 Å². The first-order valence-electron chi connectivity index (χ1n) is 11.1. The maximum absolute atomic E-state index is 12.0. The van der Waals surface area contributed by atoms with E-state index in [2.05, 4.69) is 39.9 Å². The van der Waals surface area contributed by atoms with Gasteiger partial charge in [-0.15, -0.1) is 24.0 Å². The summed E-state index contributed by atoms with van der Waals surface area (Å²) in [6, 6.07) is 16.7. The summed E-state index contributed by atoms with van der Waals surface area (Å²) >= 11 is 0. The molecule has 33 heavy (non-hydrogen) atoms. The number of hydrogen-bond acceptors (Lipinski definition) is 4. The van der Waals surface area contributed by atoms with Gasteiger partial charge >= 0.3 is 0 Å². The van der Waals surface area contributed by atoms with E-state index in [9.17, 15) is 4.79 Å². The summed E-state index contributed by atoms with van der Waals surface area (Å²) in [4.78, 5) is 18.1. The Hall–Kier alpha value is -2.33. The highest BCUT2D eigenvalue weighted by atomic mass is 127. The van der Waals surface area contributed by atoms with Crippen molar-refractivity contribution in [2.24, 2.45) is 4.99 Å². The van der Waals surface area contributed by atoms with E-state index in [1.807, 2.05) is 24.3 Å². The van der Waals surface area contributed by atoms with Crippen LogP contribution in [-0.2, 0) is 29.0 Å². The minimum absolute atomic E-state index is 0. The number of fused-ring (bicyclic) bond motifs is 1. The van der Waals surface area contributed by atoms with Crippen molar-refractivity contribution in [2.75, 3.05) is 40.9 Å². The summed E-state index contributed by atoms with van der Waals surface area (Å²) < 4.78 is 11.0.